The van der Waals surface area contributed by atoms with Crippen LogP contribution in [0.15, 0.2) is 92.3 Å². The minimum atomic E-state index is -0.351. The Morgan fingerprint density at radius 1 is 0.971 bits per heavy atom. The van der Waals surface area contributed by atoms with Crippen molar-refractivity contribution in [1.82, 2.24) is 15.2 Å². The second-order valence-electron chi connectivity index (χ2n) is 22.3. The van der Waals surface area contributed by atoms with E-state index in [-0.39, 0.29) is 27.7 Å². The van der Waals surface area contributed by atoms with Gasteiger partial charge in [0.05, 0.1) is 29.0 Å². The van der Waals surface area contributed by atoms with Crippen LogP contribution >= 0.6 is 11.3 Å². The number of fused-ring (bicyclic) bond motifs is 1. The van der Waals surface area contributed by atoms with E-state index in [1.165, 1.54) is 82.0 Å². The number of nitrogens with one attached hydrogen (secondary N) is 1. The van der Waals surface area contributed by atoms with Crippen LogP contribution in [0.2, 0.25) is 0 Å². The molecule has 0 radical (unpaired) electrons. The third-order valence-corrected chi connectivity index (χ3v) is 17.6. The summed E-state index contributed by atoms with van der Waals surface area (Å²) in [4.78, 5) is 27.6. The van der Waals surface area contributed by atoms with E-state index >= 15 is 0 Å². The molecule has 8 rings (SSSR count). The van der Waals surface area contributed by atoms with Gasteiger partial charge in [0.2, 0.25) is 22.7 Å². The zero-order valence-corrected chi connectivity index (χ0v) is 44.2. The number of hydrogen-bond acceptors (Lipinski definition) is 12. The minimum Gasteiger partial charge on any atom is -0.492 e. The number of carbonyl (C=O) groups is 1. The fourth-order valence-electron chi connectivity index (χ4n) is 13.5. The van der Waals surface area contributed by atoms with Crippen molar-refractivity contribution in [2.24, 2.45) is 55.1 Å². The maximum absolute atomic E-state index is 11.0. The van der Waals surface area contributed by atoms with Gasteiger partial charge in [-0.15, -0.1) is 0 Å². The minimum absolute atomic E-state index is 0.00336. The Morgan fingerprint density at radius 3 is 2.36 bits per heavy atom. The van der Waals surface area contributed by atoms with Crippen molar-refractivity contribution in [1.29, 1.82) is 0 Å². The molecule has 2 aliphatic heterocycles. The molecule has 3 heterocycles. The number of rotatable bonds is 25. The number of unbranched alkanes of at least 4 members (excludes halogenated alkanes) is 11. The number of nitrogens with zero attached hydrogens (tertiary/aromatic N) is 5. The highest BCUT2D eigenvalue weighted by molar-refractivity contribution is 7.22. The van der Waals surface area contributed by atoms with E-state index in [2.05, 4.69) is 48.0 Å². The van der Waals surface area contributed by atoms with Crippen molar-refractivity contribution in [3.05, 3.63) is 82.3 Å². The third kappa shape index (κ3) is 12.3. The topological polar surface area (TPSA) is 206 Å². The molecule has 4 saturated carbocycles. The van der Waals surface area contributed by atoms with Gasteiger partial charge in [-0.3, -0.25) is 10.3 Å². The molecule has 1 aromatic carbocycles. The normalized spacial score (nSPS) is 28.6. The van der Waals surface area contributed by atoms with Gasteiger partial charge < -0.3 is 42.5 Å². The predicted molar refractivity (Wildman–Crippen MR) is 289 cm³/mol. The Bertz CT molecular complexity index is 2430. The predicted octanol–water partition coefficient (Wildman–Crippen LogP) is 10.3. The van der Waals surface area contributed by atoms with E-state index < -0.39 is 0 Å². The summed E-state index contributed by atoms with van der Waals surface area (Å²) in [5.74, 6) is 1.75. The molecular weight excluding hydrogens is 893 g/mol. The number of benzene rings is 1. The van der Waals surface area contributed by atoms with Crippen LogP contribution < -0.4 is 28.3 Å². The number of dihydropyridines is 1. The van der Waals surface area contributed by atoms with Crippen LogP contribution in [0.25, 0.3) is 10.2 Å². The summed E-state index contributed by atoms with van der Waals surface area (Å²) in [5.41, 5.74) is 31.5. The standard InChI is InChI=1S/C56H84N10O3S/c1-39(49(58)64-52-62-45-23-17-18-24-46(45)70-52)42-22-21-28-66(50(42)59)47-26-25-43(48(63-47)51(60)68)44(32-57)40(2)61-38-55-34-53(4)33-54(5,41(55)3)36-56(35-53,37-55)69-31-29-65(6)27-19-15-13-11-9-7-8-10-12-14-16-20-30-67/h17-18,23-26,30,32,41H,7-16,19-22,27-29,31,33-38H2,1-6H3,(H9,57,58,59,60,61,62,63,64,68)/p+1/t41-,53?,54?,55?,56?/m1/s1. The lowest BCUT2D eigenvalue weighted by molar-refractivity contribution is -0.486. The Kier molecular flexibility index (Phi) is 17.6. The largest absolute Gasteiger partial charge is 0.492 e. The van der Waals surface area contributed by atoms with Crippen molar-refractivity contribution < 1.29 is 19.2 Å². The smallest absolute Gasteiger partial charge is 0.226 e. The van der Waals surface area contributed by atoms with E-state index in [0.717, 1.165) is 104 Å². The number of aliphatic imine (C=N–C) groups is 2. The number of aliphatic hydroxyl groups is 1. The van der Waals surface area contributed by atoms with Crippen LogP contribution in [-0.4, -0.2) is 88.7 Å². The molecule has 70 heavy (non-hydrogen) atoms. The van der Waals surface area contributed by atoms with Crippen molar-refractivity contribution >= 4 is 50.4 Å². The van der Waals surface area contributed by atoms with Crippen LogP contribution in [-0.2, 0) is 9.53 Å². The maximum Gasteiger partial charge on any atom is 0.226 e. The van der Waals surface area contributed by atoms with Gasteiger partial charge in [-0.05, 0) is 126 Å². The summed E-state index contributed by atoms with van der Waals surface area (Å²) in [7, 11) is 2.25. The van der Waals surface area contributed by atoms with Crippen LogP contribution in [0, 0.1) is 22.2 Å². The monoisotopic (exact) mass is 978 g/mol. The Balaban J connectivity index is 0.979. The number of nitrogens with two attached hydrogens (primary N) is 4. The summed E-state index contributed by atoms with van der Waals surface area (Å²) in [6.45, 7) is 15.6. The molecule has 382 valence electrons. The number of hydrogen-bond donors (Lipinski definition) is 6. The van der Waals surface area contributed by atoms with E-state index in [0.29, 0.717) is 58.5 Å². The molecule has 2 aromatic rings. The Morgan fingerprint density at radius 2 is 1.67 bits per heavy atom. The summed E-state index contributed by atoms with van der Waals surface area (Å²) >= 11 is 1.50. The van der Waals surface area contributed by atoms with Gasteiger partial charge in [0, 0.05) is 59.8 Å². The van der Waals surface area contributed by atoms with Gasteiger partial charge in [-0.25, -0.2) is 14.6 Å². The lowest BCUT2D eigenvalue weighted by Gasteiger charge is -2.72. The fraction of sp³-hybridized carbons (Fsp3) is 0.625. The van der Waals surface area contributed by atoms with Crippen LogP contribution in [0.5, 0.6) is 0 Å². The zero-order valence-electron chi connectivity index (χ0n) is 43.4. The third-order valence-electron chi connectivity index (χ3n) is 16.7. The van der Waals surface area contributed by atoms with E-state index in [4.69, 9.17) is 32.7 Å². The summed E-state index contributed by atoms with van der Waals surface area (Å²) < 4.78 is 10.2. The number of aldehydes is 1. The number of ether oxygens (including phenoxy) is 1. The number of likely N-dealkylation sites (N-methyl/N-ethyl adjacent to an activating group) is 1. The van der Waals surface area contributed by atoms with Gasteiger partial charge in [0.25, 0.3) is 0 Å². The molecule has 4 unspecified atom stereocenters. The second-order valence-corrected chi connectivity index (χ2v) is 23.3. The first-order valence-corrected chi connectivity index (χ1v) is 27.2. The molecule has 0 spiro atoms. The van der Waals surface area contributed by atoms with Crippen LogP contribution in [0.1, 0.15) is 157 Å². The molecular formula is C56H85N10O3S+. The van der Waals surface area contributed by atoms with Crippen molar-refractivity contribution in [2.45, 2.75) is 162 Å². The second kappa shape index (κ2) is 23.2. The summed E-state index contributed by atoms with van der Waals surface area (Å²) in [5, 5.41) is 15.0. The number of carbonyl (C=O) groups excluding carboxylic acids is 1. The molecule has 10 N–H and O–H groups in total. The first-order valence-electron chi connectivity index (χ1n) is 26.4. The summed E-state index contributed by atoms with van der Waals surface area (Å²) in [6.07, 6.45) is 28.4. The van der Waals surface area contributed by atoms with Gasteiger partial charge in [-0.2, -0.15) is 0 Å². The fourth-order valence-corrected chi connectivity index (χ4v) is 14.4. The number of amidine groups is 2. The average Bonchev–Trinajstić information content (AvgIpc) is 3.73. The summed E-state index contributed by atoms with van der Waals surface area (Å²) in [6, 6.07) is 7.95. The number of para-hydroxylation sites is 1. The number of aromatic nitrogens is 1. The number of thiazole rings is 1. The number of aliphatic hydroxyl groups excluding tert-OH is 1. The molecule has 4 aliphatic carbocycles. The molecule has 4 fully saturated rings. The highest BCUT2D eigenvalue weighted by Gasteiger charge is 2.69. The van der Waals surface area contributed by atoms with Crippen molar-refractivity contribution in [3.8, 4) is 0 Å². The Hall–Kier alpha value is -4.79. The highest BCUT2D eigenvalue weighted by atomic mass is 32.1. The molecule has 4 bridgehead atoms. The Labute approximate surface area is 422 Å². The molecule has 5 atom stereocenters. The molecule has 0 amide bonds. The number of allylic oxidation sites excluding steroid dienone is 3. The van der Waals surface area contributed by atoms with Crippen molar-refractivity contribution in [3.63, 3.8) is 0 Å². The molecule has 1 aromatic heterocycles. The van der Waals surface area contributed by atoms with Gasteiger partial charge >= 0.3 is 0 Å². The first kappa shape index (κ1) is 53.0. The van der Waals surface area contributed by atoms with E-state index in [1.54, 1.807) is 6.20 Å². The van der Waals surface area contributed by atoms with E-state index in [9.17, 15) is 9.90 Å². The lowest BCUT2D eigenvalue weighted by Crippen LogP contribution is -2.68. The van der Waals surface area contributed by atoms with Gasteiger partial charge in [0.1, 0.15) is 12.1 Å². The zero-order chi connectivity index (χ0) is 50.1. The van der Waals surface area contributed by atoms with E-state index in [1.807, 2.05) is 54.8 Å². The van der Waals surface area contributed by atoms with Crippen LogP contribution in [0.4, 0.5) is 5.13 Å². The quantitative estimate of drug-likeness (QED) is 0.0139. The highest BCUT2D eigenvalue weighted by Crippen LogP contribution is 2.73. The van der Waals surface area contributed by atoms with Gasteiger partial charge in [-0.1, -0.05) is 102 Å². The van der Waals surface area contributed by atoms with Crippen molar-refractivity contribution in [2.75, 3.05) is 39.8 Å². The molecule has 0 saturated heterocycles. The molecule has 14 heteroatoms. The maximum atomic E-state index is 11.0. The first-order chi connectivity index (χ1) is 33.5. The average molecular weight is 978 g/mol. The molecule has 13 nitrogen and oxygen atoms in total. The van der Waals surface area contributed by atoms with Gasteiger partial charge in [0.15, 0.2) is 5.70 Å². The van der Waals surface area contributed by atoms with Crippen LogP contribution in [0.3, 0.4) is 0 Å². The lowest BCUT2D eigenvalue weighted by atomic mass is 9.35. The molecule has 6 aliphatic rings. The SMILES string of the molecule is CC(=NCC12CC3(C)CC(OCCN(C)CCCCCCCCCCCCCC=O)(CC(C)(C3)[C@H]1C)C2)/C(=C\N)C1=CC=C([N+]2=C(N)/C(=C(C)\C(N)=N\c3nc4ccccc4s3)CCC2)N/C1=C(/N)O.